The average Bonchev–Trinajstić information content (AvgIpc) is 2.46. The molecule has 96 valence electrons. The number of rotatable bonds is 2. The highest BCUT2D eigenvalue weighted by molar-refractivity contribution is 5.78. The SMILES string of the molecule is O=C(O)C1Cc2ccccc2CN1c1ncccn1. The standard InChI is InChI=1S/C14H13N3O2/c18-13(19)12-8-10-4-1-2-5-11(10)9-17(12)14-15-6-3-7-16-14/h1-7,12H,8-9H2,(H,18,19). The summed E-state index contributed by atoms with van der Waals surface area (Å²) in [5.74, 6) is -0.383. The first kappa shape index (κ1) is 11.6. The van der Waals surface area contributed by atoms with Crippen LogP contribution in [0, 0.1) is 0 Å². The van der Waals surface area contributed by atoms with Crippen molar-refractivity contribution < 1.29 is 9.90 Å². The third-order valence-electron chi connectivity index (χ3n) is 3.34. The second-order valence-electron chi connectivity index (χ2n) is 4.50. The smallest absolute Gasteiger partial charge is 0.326 e. The van der Waals surface area contributed by atoms with Crippen molar-refractivity contribution in [3.8, 4) is 0 Å². The molecule has 0 aliphatic carbocycles. The van der Waals surface area contributed by atoms with Gasteiger partial charge in [-0.1, -0.05) is 24.3 Å². The number of benzene rings is 1. The minimum Gasteiger partial charge on any atom is -0.480 e. The van der Waals surface area contributed by atoms with E-state index in [2.05, 4.69) is 9.97 Å². The van der Waals surface area contributed by atoms with Gasteiger partial charge in [0.2, 0.25) is 5.95 Å². The molecule has 1 aromatic heterocycles. The van der Waals surface area contributed by atoms with Crippen LogP contribution in [0.15, 0.2) is 42.7 Å². The van der Waals surface area contributed by atoms with Crippen LogP contribution in [0.4, 0.5) is 5.95 Å². The molecule has 0 fully saturated rings. The molecule has 0 amide bonds. The van der Waals surface area contributed by atoms with Crippen LogP contribution in [0.25, 0.3) is 0 Å². The van der Waals surface area contributed by atoms with E-state index < -0.39 is 12.0 Å². The number of carbonyl (C=O) groups is 1. The zero-order chi connectivity index (χ0) is 13.2. The summed E-state index contributed by atoms with van der Waals surface area (Å²) in [6, 6.07) is 9.00. The molecule has 5 heteroatoms. The van der Waals surface area contributed by atoms with Crippen LogP contribution < -0.4 is 4.90 Å². The molecule has 5 nitrogen and oxygen atoms in total. The topological polar surface area (TPSA) is 66.3 Å². The van der Waals surface area contributed by atoms with Gasteiger partial charge in [-0.05, 0) is 17.2 Å². The van der Waals surface area contributed by atoms with Crippen molar-refractivity contribution >= 4 is 11.9 Å². The highest BCUT2D eigenvalue weighted by Crippen LogP contribution is 2.26. The molecule has 1 aliphatic rings. The second kappa shape index (κ2) is 4.68. The van der Waals surface area contributed by atoms with Crippen molar-refractivity contribution in [3.63, 3.8) is 0 Å². The number of fused-ring (bicyclic) bond motifs is 1. The van der Waals surface area contributed by atoms with Gasteiger partial charge in [0.15, 0.2) is 0 Å². The molecule has 2 heterocycles. The number of carboxylic acid groups (broad SMARTS) is 1. The summed E-state index contributed by atoms with van der Waals surface area (Å²) in [6.07, 6.45) is 3.73. The van der Waals surface area contributed by atoms with Gasteiger partial charge < -0.3 is 10.0 Å². The van der Waals surface area contributed by atoms with Gasteiger partial charge in [0.25, 0.3) is 0 Å². The first-order valence-corrected chi connectivity index (χ1v) is 6.09. The fourth-order valence-corrected chi connectivity index (χ4v) is 2.39. The van der Waals surface area contributed by atoms with Crippen LogP contribution in [0.3, 0.4) is 0 Å². The highest BCUT2D eigenvalue weighted by Gasteiger charge is 2.32. The van der Waals surface area contributed by atoms with Gasteiger partial charge in [-0.15, -0.1) is 0 Å². The Balaban J connectivity index is 2.01. The predicted molar refractivity (Wildman–Crippen MR) is 69.8 cm³/mol. The fourth-order valence-electron chi connectivity index (χ4n) is 2.39. The lowest BCUT2D eigenvalue weighted by atomic mass is 9.94. The second-order valence-corrected chi connectivity index (χ2v) is 4.50. The van der Waals surface area contributed by atoms with Crippen LogP contribution >= 0.6 is 0 Å². The molecule has 0 saturated heterocycles. The van der Waals surface area contributed by atoms with Crippen LogP contribution in [-0.2, 0) is 17.8 Å². The maximum Gasteiger partial charge on any atom is 0.326 e. The van der Waals surface area contributed by atoms with Gasteiger partial charge in [-0.2, -0.15) is 0 Å². The number of anilines is 1. The maximum atomic E-state index is 11.5. The molecule has 2 aromatic rings. The van der Waals surface area contributed by atoms with E-state index in [0.29, 0.717) is 18.9 Å². The fraction of sp³-hybridized carbons (Fsp3) is 0.214. The highest BCUT2D eigenvalue weighted by atomic mass is 16.4. The zero-order valence-corrected chi connectivity index (χ0v) is 10.2. The predicted octanol–water partition coefficient (Wildman–Crippen LogP) is 1.49. The molecule has 3 rings (SSSR count). The number of carboxylic acids is 1. The van der Waals surface area contributed by atoms with Crippen molar-refractivity contribution in [2.24, 2.45) is 0 Å². The normalized spacial score (nSPS) is 17.9. The number of aliphatic carboxylic acids is 1. The van der Waals surface area contributed by atoms with Gasteiger partial charge in [0.1, 0.15) is 6.04 Å². The lowest BCUT2D eigenvalue weighted by Crippen LogP contribution is -2.46. The molecule has 0 bridgehead atoms. The van der Waals surface area contributed by atoms with Crippen molar-refractivity contribution in [1.82, 2.24) is 9.97 Å². The molecule has 1 atom stereocenters. The first-order chi connectivity index (χ1) is 9.25. The Labute approximate surface area is 110 Å². The molecule has 0 saturated carbocycles. The van der Waals surface area contributed by atoms with Crippen molar-refractivity contribution in [3.05, 3.63) is 53.9 Å². The Morgan fingerprint density at radius 2 is 1.84 bits per heavy atom. The summed E-state index contributed by atoms with van der Waals surface area (Å²) in [7, 11) is 0. The Morgan fingerprint density at radius 1 is 1.16 bits per heavy atom. The third kappa shape index (κ3) is 2.14. The van der Waals surface area contributed by atoms with Gasteiger partial charge in [-0.25, -0.2) is 14.8 Å². The van der Waals surface area contributed by atoms with E-state index in [-0.39, 0.29) is 0 Å². The summed E-state index contributed by atoms with van der Waals surface area (Å²) < 4.78 is 0. The summed E-state index contributed by atoms with van der Waals surface area (Å²) in [6.45, 7) is 0.525. The minimum atomic E-state index is -0.845. The largest absolute Gasteiger partial charge is 0.480 e. The van der Waals surface area contributed by atoms with E-state index >= 15 is 0 Å². The molecule has 19 heavy (non-hydrogen) atoms. The quantitative estimate of drug-likeness (QED) is 0.880. The number of hydrogen-bond acceptors (Lipinski definition) is 4. The monoisotopic (exact) mass is 255 g/mol. The van der Waals surface area contributed by atoms with Crippen LogP contribution in [0.5, 0.6) is 0 Å². The number of nitrogens with zero attached hydrogens (tertiary/aromatic N) is 3. The van der Waals surface area contributed by atoms with Gasteiger partial charge >= 0.3 is 5.97 Å². The zero-order valence-electron chi connectivity index (χ0n) is 10.2. The average molecular weight is 255 g/mol. The van der Waals surface area contributed by atoms with Gasteiger partial charge in [0.05, 0.1) is 0 Å². The Kier molecular flexibility index (Phi) is 2.87. The van der Waals surface area contributed by atoms with Crippen LogP contribution in [-0.4, -0.2) is 27.1 Å². The molecule has 1 N–H and O–H groups in total. The van der Waals surface area contributed by atoms with E-state index in [1.165, 1.54) is 0 Å². The Hall–Kier alpha value is -2.43. The Morgan fingerprint density at radius 3 is 2.53 bits per heavy atom. The van der Waals surface area contributed by atoms with Gasteiger partial charge in [-0.3, -0.25) is 0 Å². The van der Waals surface area contributed by atoms with E-state index in [9.17, 15) is 9.90 Å². The maximum absolute atomic E-state index is 11.5. The Bertz CT molecular complexity index is 601. The summed E-state index contributed by atoms with van der Waals surface area (Å²) in [4.78, 5) is 21.5. The summed E-state index contributed by atoms with van der Waals surface area (Å²) in [5.41, 5.74) is 2.22. The van der Waals surface area contributed by atoms with E-state index in [1.54, 1.807) is 23.4 Å². The lowest BCUT2D eigenvalue weighted by Gasteiger charge is -2.34. The van der Waals surface area contributed by atoms with E-state index in [4.69, 9.17) is 0 Å². The van der Waals surface area contributed by atoms with E-state index in [0.717, 1.165) is 11.1 Å². The molecule has 0 radical (unpaired) electrons. The van der Waals surface area contributed by atoms with E-state index in [1.807, 2.05) is 24.3 Å². The lowest BCUT2D eigenvalue weighted by molar-refractivity contribution is -0.138. The van der Waals surface area contributed by atoms with Gasteiger partial charge in [0, 0.05) is 25.4 Å². The first-order valence-electron chi connectivity index (χ1n) is 6.09. The summed E-state index contributed by atoms with van der Waals surface area (Å²) >= 11 is 0. The molecule has 1 unspecified atom stereocenters. The van der Waals surface area contributed by atoms with Crippen LogP contribution in [0.2, 0.25) is 0 Å². The molecule has 1 aliphatic heterocycles. The van der Waals surface area contributed by atoms with Crippen molar-refractivity contribution in [2.45, 2.75) is 19.0 Å². The molecule has 1 aromatic carbocycles. The molecular weight excluding hydrogens is 242 g/mol. The molecular formula is C14H13N3O2. The van der Waals surface area contributed by atoms with Crippen molar-refractivity contribution in [1.29, 1.82) is 0 Å². The number of aromatic nitrogens is 2. The summed E-state index contributed by atoms with van der Waals surface area (Å²) in [5, 5.41) is 9.40. The van der Waals surface area contributed by atoms with Crippen molar-refractivity contribution in [2.75, 3.05) is 4.90 Å². The molecule has 0 spiro atoms. The minimum absolute atomic E-state index is 0.462. The van der Waals surface area contributed by atoms with Crippen LogP contribution in [0.1, 0.15) is 11.1 Å². The third-order valence-corrected chi connectivity index (χ3v) is 3.34. The number of hydrogen-bond donors (Lipinski definition) is 1.